The first-order valence-corrected chi connectivity index (χ1v) is 2.85. The molecular formula is C7H13NNaO. The van der Waals surface area contributed by atoms with Crippen LogP contribution < -0.4 is 5.73 Å². The zero-order valence-corrected chi connectivity index (χ0v) is 9.19. The fourth-order valence-corrected chi connectivity index (χ4v) is 0.370. The van der Waals surface area contributed by atoms with Crippen molar-refractivity contribution in [2.75, 3.05) is 0 Å². The average molecular weight is 150 g/mol. The maximum absolute atomic E-state index is 10.5. The van der Waals surface area contributed by atoms with Gasteiger partial charge in [-0.1, -0.05) is 27.4 Å². The van der Waals surface area contributed by atoms with E-state index in [9.17, 15) is 4.79 Å². The van der Waals surface area contributed by atoms with Crippen LogP contribution in [-0.4, -0.2) is 35.5 Å². The van der Waals surface area contributed by atoms with E-state index in [-0.39, 0.29) is 35.0 Å². The number of nitrogens with two attached hydrogens (primary N) is 1. The van der Waals surface area contributed by atoms with E-state index in [0.29, 0.717) is 5.57 Å². The van der Waals surface area contributed by atoms with Crippen LogP contribution in [0.2, 0.25) is 0 Å². The van der Waals surface area contributed by atoms with E-state index >= 15 is 0 Å². The number of primary amides is 1. The molecular weight excluding hydrogens is 137 g/mol. The van der Waals surface area contributed by atoms with Crippen molar-refractivity contribution < 1.29 is 4.79 Å². The van der Waals surface area contributed by atoms with E-state index in [0.717, 1.165) is 0 Å². The first-order chi connectivity index (χ1) is 3.85. The standard InChI is InChI=1S/C7H13NO.Na/c1-5(6(8)9)7(2,3)4;/h1H2,2-4H3,(H2,8,9);. The van der Waals surface area contributed by atoms with Crippen LogP contribution in [0.5, 0.6) is 0 Å². The second-order valence-electron chi connectivity index (χ2n) is 3.09. The molecule has 3 heteroatoms. The Hall–Kier alpha value is 0.210. The molecule has 0 aliphatic heterocycles. The second kappa shape index (κ2) is 4.16. The van der Waals surface area contributed by atoms with E-state index in [4.69, 9.17) is 5.73 Å². The molecule has 0 heterocycles. The van der Waals surface area contributed by atoms with Gasteiger partial charge in [0.25, 0.3) is 0 Å². The molecule has 0 atom stereocenters. The molecule has 53 valence electrons. The molecule has 10 heavy (non-hydrogen) atoms. The fraction of sp³-hybridized carbons (Fsp3) is 0.571. The van der Waals surface area contributed by atoms with Crippen LogP contribution in [0.4, 0.5) is 0 Å². The summed E-state index contributed by atoms with van der Waals surface area (Å²) >= 11 is 0. The third-order valence-corrected chi connectivity index (χ3v) is 1.20. The van der Waals surface area contributed by atoms with E-state index in [1.807, 2.05) is 20.8 Å². The van der Waals surface area contributed by atoms with Crippen molar-refractivity contribution in [3.05, 3.63) is 12.2 Å². The van der Waals surface area contributed by atoms with E-state index in [2.05, 4.69) is 6.58 Å². The van der Waals surface area contributed by atoms with Gasteiger partial charge in [-0.25, -0.2) is 0 Å². The quantitative estimate of drug-likeness (QED) is 0.434. The minimum Gasteiger partial charge on any atom is -0.366 e. The van der Waals surface area contributed by atoms with Gasteiger partial charge in [-0.2, -0.15) is 0 Å². The topological polar surface area (TPSA) is 43.1 Å². The maximum atomic E-state index is 10.5. The Kier molecular flexibility index (Phi) is 5.35. The minimum atomic E-state index is -0.414. The molecule has 1 radical (unpaired) electrons. The maximum Gasteiger partial charge on any atom is 0.244 e. The van der Waals surface area contributed by atoms with Gasteiger partial charge in [0.1, 0.15) is 0 Å². The average Bonchev–Trinajstić information content (AvgIpc) is 1.62. The van der Waals surface area contributed by atoms with Gasteiger partial charge in [0.05, 0.1) is 0 Å². The zero-order valence-electron chi connectivity index (χ0n) is 7.19. The summed E-state index contributed by atoms with van der Waals surface area (Å²) in [5.41, 5.74) is 5.27. The molecule has 0 rings (SSSR count). The fourth-order valence-electron chi connectivity index (χ4n) is 0.370. The van der Waals surface area contributed by atoms with Crippen molar-refractivity contribution in [3.8, 4) is 0 Å². The molecule has 2 nitrogen and oxygen atoms in total. The number of rotatable bonds is 1. The predicted octanol–water partition coefficient (Wildman–Crippen LogP) is 0.693. The van der Waals surface area contributed by atoms with E-state index < -0.39 is 5.91 Å². The first-order valence-electron chi connectivity index (χ1n) is 2.85. The van der Waals surface area contributed by atoms with Gasteiger partial charge >= 0.3 is 0 Å². The third kappa shape index (κ3) is 4.09. The summed E-state index contributed by atoms with van der Waals surface area (Å²) in [7, 11) is 0. The molecule has 0 aliphatic carbocycles. The summed E-state index contributed by atoms with van der Waals surface area (Å²) in [6.07, 6.45) is 0. The van der Waals surface area contributed by atoms with Crippen LogP contribution in [-0.2, 0) is 4.79 Å². The smallest absolute Gasteiger partial charge is 0.244 e. The molecule has 1 amide bonds. The van der Waals surface area contributed by atoms with Crippen molar-refractivity contribution in [2.24, 2.45) is 11.1 Å². The monoisotopic (exact) mass is 150 g/mol. The number of amides is 1. The summed E-state index contributed by atoms with van der Waals surface area (Å²) in [6.45, 7) is 9.26. The Morgan fingerprint density at radius 3 is 1.70 bits per heavy atom. The van der Waals surface area contributed by atoms with Gasteiger partial charge < -0.3 is 5.73 Å². The molecule has 0 aromatic heterocycles. The SMILES string of the molecule is C=C(C(N)=O)C(C)(C)C.[Na]. The molecule has 0 spiro atoms. The summed E-state index contributed by atoms with van der Waals surface area (Å²) in [5.74, 6) is -0.414. The Morgan fingerprint density at radius 1 is 1.40 bits per heavy atom. The van der Waals surface area contributed by atoms with Gasteiger partial charge in [0, 0.05) is 35.1 Å². The van der Waals surface area contributed by atoms with Crippen LogP contribution in [0.1, 0.15) is 20.8 Å². The van der Waals surface area contributed by atoms with Gasteiger partial charge in [-0.3, -0.25) is 4.79 Å². The van der Waals surface area contributed by atoms with Crippen molar-refractivity contribution in [1.82, 2.24) is 0 Å². The normalized spacial score (nSPS) is 9.90. The van der Waals surface area contributed by atoms with Crippen molar-refractivity contribution in [2.45, 2.75) is 20.8 Å². The van der Waals surface area contributed by atoms with Crippen LogP contribution in [0, 0.1) is 5.41 Å². The Balaban J connectivity index is 0. The van der Waals surface area contributed by atoms with Crippen LogP contribution in [0.3, 0.4) is 0 Å². The minimum absolute atomic E-state index is 0. The predicted molar refractivity (Wildman–Crippen MR) is 43.5 cm³/mol. The van der Waals surface area contributed by atoms with Gasteiger partial charge in [-0.05, 0) is 5.41 Å². The van der Waals surface area contributed by atoms with Crippen LogP contribution in [0.15, 0.2) is 12.2 Å². The number of hydrogen-bond donors (Lipinski definition) is 1. The molecule has 0 aromatic carbocycles. The van der Waals surface area contributed by atoms with E-state index in [1.165, 1.54) is 0 Å². The molecule has 0 aliphatic rings. The summed E-state index contributed by atoms with van der Waals surface area (Å²) in [5, 5.41) is 0. The van der Waals surface area contributed by atoms with Gasteiger partial charge in [-0.15, -0.1) is 0 Å². The summed E-state index contributed by atoms with van der Waals surface area (Å²) in [4.78, 5) is 10.5. The Labute approximate surface area is 84.2 Å². The Morgan fingerprint density at radius 2 is 1.70 bits per heavy atom. The van der Waals surface area contributed by atoms with Crippen LogP contribution >= 0.6 is 0 Å². The number of carbonyl (C=O) groups excluding carboxylic acids is 1. The summed E-state index contributed by atoms with van der Waals surface area (Å²) < 4.78 is 0. The van der Waals surface area contributed by atoms with Crippen LogP contribution in [0.25, 0.3) is 0 Å². The second-order valence-corrected chi connectivity index (χ2v) is 3.09. The molecule has 0 bridgehead atoms. The Bertz CT molecular complexity index is 146. The molecule has 2 N–H and O–H groups in total. The van der Waals surface area contributed by atoms with Crippen molar-refractivity contribution >= 4 is 35.5 Å². The molecule has 0 saturated carbocycles. The largest absolute Gasteiger partial charge is 0.366 e. The van der Waals surface area contributed by atoms with Gasteiger partial charge in [0.15, 0.2) is 0 Å². The molecule has 0 unspecified atom stereocenters. The summed E-state index contributed by atoms with van der Waals surface area (Å²) in [6, 6.07) is 0. The number of hydrogen-bond acceptors (Lipinski definition) is 1. The van der Waals surface area contributed by atoms with E-state index in [1.54, 1.807) is 0 Å². The first kappa shape index (κ1) is 12.8. The molecule has 0 aromatic rings. The third-order valence-electron chi connectivity index (χ3n) is 1.20. The zero-order chi connectivity index (χ0) is 7.65. The molecule has 0 saturated heterocycles. The van der Waals surface area contributed by atoms with Gasteiger partial charge in [0.2, 0.25) is 5.91 Å². The van der Waals surface area contributed by atoms with Crippen molar-refractivity contribution in [3.63, 3.8) is 0 Å². The molecule has 0 fully saturated rings. The van der Waals surface area contributed by atoms with Crippen molar-refractivity contribution in [1.29, 1.82) is 0 Å². The number of carbonyl (C=O) groups is 1.